The smallest absolute Gasteiger partial charge is 0.137 e. The highest BCUT2D eigenvalue weighted by Crippen LogP contribution is 2.39. The van der Waals surface area contributed by atoms with Crippen molar-refractivity contribution >= 4 is 55.1 Å². The van der Waals surface area contributed by atoms with Crippen molar-refractivity contribution in [2.24, 2.45) is 0 Å². The molecule has 8 aromatic rings. The number of anilines is 2. The highest BCUT2D eigenvalue weighted by Gasteiger charge is 2.16. The van der Waals surface area contributed by atoms with Gasteiger partial charge in [-0.05, 0) is 54.1 Å². The second kappa shape index (κ2) is 8.64. The van der Waals surface area contributed by atoms with Crippen molar-refractivity contribution < 1.29 is 4.42 Å². The fraction of sp³-hybridized carbons (Fsp3) is 0. The molecule has 0 spiro atoms. The molecule has 0 fully saturated rings. The third kappa shape index (κ3) is 3.44. The number of hydrogen-bond acceptors (Lipinski definition) is 2. The lowest BCUT2D eigenvalue weighted by molar-refractivity contribution is 0.669. The topological polar surface area (TPSA) is 30.1 Å². The molecule has 6 aromatic carbocycles. The van der Waals surface area contributed by atoms with E-state index in [1.54, 1.807) is 0 Å². The summed E-state index contributed by atoms with van der Waals surface area (Å²) in [5, 5.41) is 8.38. The molecule has 2 aromatic heterocycles. The average molecular weight is 501 g/mol. The lowest BCUT2D eigenvalue weighted by atomic mass is 10.0. The van der Waals surface area contributed by atoms with Gasteiger partial charge in [-0.15, -0.1) is 0 Å². The summed E-state index contributed by atoms with van der Waals surface area (Å²) in [7, 11) is 0. The third-order valence-corrected chi connectivity index (χ3v) is 7.59. The minimum Gasteiger partial charge on any atom is -0.456 e. The molecule has 3 nitrogen and oxygen atoms in total. The lowest BCUT2D eigenvalue weighted by Gasteiger charge is -2.13. The first-order chi connectivity index (χ1) is 19.3. The summed E-state index contributed by atoms with van der Waals surface area (Å²) in [5.74, 6) is 0. The summed E-state index contributed by atoms with van der Waals surface area (Å²) in [6.45, 7) is 0. The SMILES string of the molecule is c1ccc(-n2c3ccccc3c3cccc(-c4ccc(Nc5cccc6oc7ccccc7c56)cc4)c32)cc1. The van der Waals surface area contributed by atoms with Gasteiger partial charge >= 0.3 is 0 Å². The Morgan fingerprint density at radius 3 is 2.08 bits per heavy atom. The van der Waals surface area contributed by atoms with Crippen LogP contribution in [0.4, 0.5) is 11.4 Å². The van der Waals surface area contributed by atoms with Crippen LogP contribution < -0.4 is 5.32 Å². The normalized spacial score (nSPS) is 11.6. The van der Waals surface area contributed by atoms with Gasteiger partial charge in [0.15, 0.2) is 0 Å². The van der Waals surface area contributed by atoms with Gasteiger partial charge < -0.3 is 14.3 Å². The van der Waals surface area contributed by atoms with Crippen LogP contribution in [-0.4, -0.2) is 4.57 Å². The second-order valence-electron chi connectivity index (χ2n) is 9.87. The zero-order valence-electron chi connectivity index (χ0n) is 21.1. The molecule has 2 heterocycles. The first kappa shape index (κ1) is 21.8. The Labute approximate surface area is 225 Å². The largest absolute Gasteiger partial charge is 0.456 e. The van der Waals surface area contributed by atoms with E-state index in [-0.39, 0.29) is 0 Å². The number of nitrogens with zero attached hydrogens (tertiary/aromatic N) is 1. The Hall–Kier alpha value is -5.28. The number of para-hydroxylation sites is 4. The van der Waals surface area contributed by atoms with Gasteiger partial charge in [0.25, 0.3) is 0 Å². The Balaban J connectivity index is 1.25. The van der Waals surface area contributed by atoms with E-state index in [1.165, 1.54) is 32.9 Å². The zero-order valence-corrected chi connectivity index (χ0v) is 21.1. The first-order valence-electron chi connectivity index (χ1n) is 13.2. The van der Waals surface area contributed by atoms with E-state index in [4.69, 9.17) is 4.42 Å². The molecular weight excluding hydrogens is 476 g/mol. The highest BCUT2D eigenvalue weighted by atomic mass is 16.3. The standard InChI is InChI=1S/C36H24N2O/c1-2-10-26(11-3-1)38-32-17-6-4-12-28(32)29-15-8-14-27(36(29)38)24-20-22-25(23-21-24)37-31-16-9-19-34-35(31)30-13-5-7-18-33(30)39-34/h1-23,37H. The van der Waals surface area contributed by atoms with Gasteiger partial charge in [-0.2, -0.15) is 0 Å². The second-order valence-corrected chi connectivity index (χ2v) is 9.87. The van der Waals surface area contributed by atoms with Gasteiger partial charge in [0, 0.05) is 33.1 Å². The molecule has 0 atom stereocenters. The third-order valence-electron chi connectivity index (χ3n) is 7.59. The molecule has 0 aliphatic carbocycles. The molecule has 0 amide bonds. The minimum absolute atomic E-state index is 0.887. The molecule has 3 heteroatoms. The zero-order chi connectivity index (χ0) is 25.8. The lowest BCUT2D eigenvalue weighted by Crippen LogP contribution is -1.95. The van der Waals surface area contributed by atoms with Crippen LogP contribution in [0.15, 0.2) is 144 Å². The van der Waals surface area contributed by atoms with E-state index in [1.807, 2.05) is 24.3 Å². The predicted molar refractivity (Wildman–Crippen MR) is 163 cm³/mol. The number of hydrogen-bond donors (Lipinski definition) is 1. The van der Waals surface area contributed by atoms with Gasteiger partial charge in [-0.25, -0.2) is 0 Å². The van der Waals surface area contributed by atoms with E-state index >= 15 is 0 Å². The summed E-state index contributed by atoms with van der Waals surface area (Å²) < 4.78 is 8.46. The van der Waals surface area contributed by atoms with Crippen molar-refractivity contribution in [2.45, 2.75) is 0 Å². The van der Waals surface area contributed by atoms with Gasteiger partial charge in [-0.3, -0.25) is 0 Å². The van der Waals surface area contributed by atoms with Crippen LogP contribution in [0.25, 0.3) is 60.6 Å². The summed E-state index contributed by atoms with van der Waals surface area (Å²) in [6.07, 6.45) is 0. The van der Waals surface area contributed by atoms with Crippen LogP contribution in [0.2, 0.25) is 0 Å². The fourth-order valence-electron chi connectivity index (χ4n) is 5.86. The maximum Gasteiger partial charge on any atom is 0.137 e. The molecule has 1 N–H and O–H groups in total. The van der Waals surface area contributed by atoms with E-state index < -0.39 is 0 Å². The summed E-state index contributed by atoms with van der Waals surface area (Å²) in [5.41, 5.74) is 9.85. The molecule has 0 aliphatic rings. The van der Waals surface area contributed by atoms with Crippen molar-refractivity contribution in [3.8, 4) is 16.8 Å². The van der Waals surface area contributed by atoms with Crippen LogP contribution in [0, 0.1) is 0 Å². The van der Waals surface area contributed by atoms with E-state index in [2.05, 4.69) is 125 Å². The molecule has 0 saturated carbocycles. The van der Waals surface area contributed by atoms with Gasteiger partial charge in [0.2, 0.25) is 0 Å². The number of benzene rings is 6. The quantitative estimate of drug-likeness (QED) is 0.260. The van der Waals surface area contributed by atoms with Crippen LogP contribution in [0.5, 0.6) is 0 Å². The molecule has 0 bridgehead atoms. The van der Waals surface area contributed by atoms with Crippen molar-refractivity contribution in [1.82, 2.24) is 4.57 Å². The van der Waals surface area contributed by atoms with Crippen molar-refractivity contribution in [2.75, 3.05) is 5.32 Å². The summed E-state index contributed by atoms with van der Waals surface area (Å²) in [4.78, 5) is 0. The number of aromatic nitrogens is 1. The summed E-state index contributed by atoms with van der Waals surface area (Å²) in [6, 6.07) is 49.0. The molecule has 0 unspecified atom stereocenters. The number of furan rings is 1. The van der Waals surface area contributed by atoms with Crippen molar-refractivity contribution in [3.63, 3.8) is 0 Å². The minimum atomic E-state index is 0.887. The maximum atomic E-state index is 6.08. The van der Waals surface area contributed by atoms with Crippen LogP contribution in [-0.2, 0) is 0 Å². The fourth-order valence-corrected chi connectivity index (χ4v) is 5.86. The Kier molecular flexibility index (Phi) is 4.82. The van der Waals surface area contributed by atoms with E-state index in [0.29, 0.717) is 0 Å². The molecule has 0 aliphatic heterocycles. The van der Waals surface area contributed by atoms with Gasteiger partial charge in [0.05, 0.1) is 22.1 Å². The van der Waals surface area contributed by atoms with Crippen LogP contribution >= 0.6 is 0 Å². The Morgan fingerprint density at radius 2 is 1.21 bits per heavy atom. The molecule has 0 radical (unpaired) electrons. The van der Waals surface area contributed by atoms with Crippen molar-refractivity contribution in [3.05, 3.63) is 140 Å². The monoisotopic (exact) mass is 500 g/mol. The number of rotatable bonds is 4. The molecular formula is C36H24N2O. The van der Waals surface area contributed by atoms with E-state index in [9.17, 15) is 0 Å². The molecule has 8 rings (SSSR count). The van der Waals surface area contributed by atoms with Crippen LogP contribution in [0.3, 0.4) is 0 Å². The summed E-state index contributed by atoms with van der Waals surface area (Å²) >= 11 is 0. The number of fused-ring (bicyclic) bond motifs is 6. The first-order valence-corrected chi connectivity index (χ1v) is 13.2. The Bertz CT molecular complexity index is 2130. The predicted octanol–water partition coefficient (Wildman–Crippen LogP) is 10.1. The average Bonchev–Trinajstić information content (AvgIpc) is 3.55. The van der Waals surface area contributed by atoms with Gasteiger partial charge in [0.1, 0.15) is 11.2 Å². The Morgan fingerprint density at radius 1 is 0.513 bits per heavy atom. The van der Waals surface area contributed by atoms with Crippen molar-refractivity contribution in [1.29, 1.82) is 0 Å². The van der Waals surface area contributed by atoms with E-state index in [0.717, 1.165) is 39.0 Å². The number of nitrogens with one attached hydrogen (secondary N) is 1. The van der Waals surface area contributed by atoms with Crippen LogP contribution in [0.1, 0.15) is 0 Å². The van der Waals surface area contributed by atoms with Gasteiger partial charge in [-0.1, -0.05) is 91.0 Å². The molecule has 184 valence electrons. The molecule has 0 saturated heterocycles. The molecule has 39 heavy (non-hydrogen) atoms. The maximum absolute atomic E-state index is 6.08. The highest BCUT2D eigenvalue weighted by molar-refractivity contribution is 6.14.